The van der Waals surface area contributed by atoms with Crippen LogP contribution in [0.15, 0.2) is 24.3 Å². The monoisotopic (exact) mass is 246 g/mol. The molecule has 0 amide bonds. The van der Waals surface area contributed by atoms with Gasteiger partial charge in [-0.3, -0.25) is 0 Å². The minimum absolute atomic E-state index is 0.183. The van der Waals surface area contributed by atoms with Crippen molar-refractivity contribution in [1.29, 1.82) is 0 Å². The quantitative estimate of drug-likeness (QED) is 0.876. The summed E-state index contributed by atoms with van der Waals surface area (Å²) in [5.41, 5.74) is 0.666. The molecule has 18 heavy (non-hydrogen) atoms. The van der Waals surface area contributed by atoms with Crippen LogP contribution in [-0.2, 0) is 13.0 Å². The molecular formula is C13H15FN4. The van der Waals surface area contributed by atoms with E-state index in [1.54, 1.807) is 12.1 Å². The summed E-state index contributed by atoms with van der Waals surface area (Å²) in [7, 11) is 0. The van der Waals surface area contributed by atoms with Crippen molar-refractivity contribution in [2.75, 3.05) is 6.54 Å². The van der Waals surface area contributed by atoms with Crippen LogP contribution in [0.3, 0.4) is 0 Å². The van der Waals surface area contributed by atoms with E-state index in [0.29, 0.717) is 12.0 Å². The van der Waals surface area contributed by atoms with Crippen LogP contribution in [0, 0.1) is 5.82 Å². The van der Waals surface area contributed by atoms with Crippen molar-refractivity contribution in [3.05, 3.63) is 47.3 Å². The second-order valence-corrected chi connectivity index (χ2v) is 4.57. The molecule has 0 saturated carbocycles. The van der Waals surface area contributed by atoms with E-state index in [-0.39, 0.29) is 11.9 Å². The van der Waals surface area contributed by atoms with Gasteiger partial charge >= 0.3 is 0 Å². The lowest BCUT2D eigenvalue weighted by molar-refractivity contribution is 0.430. The smallest absolute Gasteiger partial charge is 0.149 e. The standard InChI is InChI=1S/C13H15FN4/c1-9-13-17-16-12(18(13)7-6-15-9)8-10-4-2-3-5-11(10)14/h2-5,9,15H,6-8H2,1H3. The molecule has 2 aromatic rings. The van der Waals surface area contributed by atoms with Crippen LogP contribution in [0.25, 0.3) is 0 Å². The molecule has 5 heteroatoms. The second-order valence-electron chi connectivity index (χ2n) is 4.57. The summed E-state index contributed by atoms with van der Waals surface area (Å²) >= 11 is 0. The maximum atomic E-state index is 13.6. The largest absolute Gasteiger partial charge is 0.312 e. The molecule has 2 heterocycles. The molecule has 1 aromatic carbocycles. The van der Waals surface area contributed by atoms with E-state index < -0.39 is 0 Å². The number of halogens is 1. The third-order valence-electron chi connectivity index (χ3n) is 3.34. The van der Waals surface area contributed by atoms with Crippen molar-refractivity contribution < 1.29 is 4.39 Å². The van der Waals surface area contributed by atoms with E-state index in [1.165, 1.54) is 6.07 Å². The first-order valence-electron chi connectivity index (χ1n) is 6.14. The minimum Gasteiger partial charge on any atom is -0.312 e. The Kier molecular flexibility index (Phi) is 2.83. The molecule has 3 rings (SSSR count). The number of hydrogen-bond acceptors (Lipinski definition) is 3. The number of fused-ring (bicyclic) bond motifs is 1. The van der Waals surface area contributed by atoms with Gasteiger partial charge < -0.3 is 9.88 Å². The highest BCUT2D eigenvalue weighted by Crippen LogP contribution is 2.18. The highest BCUT2D eigenvalue weighted by Gasteiger charge is 2.21. The number of nitrogens with zero attached hydrogens (tertiary/aromatic N) is 3. The zero-order chi connectivity index (χ0) is 12.5. The molecule has 0 bridgehead atoms. The molecule has 1 aromatic heterocycles. The zero-order valence-electron chi connectivity index (χ0n) is 10.2. The maximum Gasteiger partial charge on any atom is 0.149 e. The highest BCUT2D eigenvalue weighted by atomic mass is 19.1. The Labute approximate surface area is 105 Å². The molecular weight excluding hydrogens is 231 g/mol. The summed E-state index contributed by atoms with van der Waals surface area (Å²) in [4.78, 5) is 0. The Balaban J connectivity index is 1.92. The Morgan fingerprint density at radius 3 is 3.06 bits per heavy atom. The first kappa shape index (κ1) is 11.3. The van der Waals surface area contributed by atoms with Crippen molar-refractivity contribution in [3.63, 3.8) is 0 Å². The Morgan fingerprint density at radius 2 is 2.22 bits per heavy atom. The number of aromatic nitrogens is 3. The van der Waals surface area contributed by atoms with E-state index in [9.17, 15) is 4.39 Å². The van der Waals surface area contributed by atoms with Gasteiger partial charge in [0, 0.05) is 19.5 Å². The van der Waals surface area contributed by atoms with E-state index in [2.05, 4.69) is 27.0 Å². The fourth-order valence-corrected chi connectivity index (χ4v) is 2.34. The molecule has 1 aliphatic heterocycles. The van der Waals surface area contributed by atoms with E-state index in [0.717, 1.165) is 24.7 Å². The zero-order valence-corrected chi connectivity index (χ0v) is 10.2. The van der Waals surface area contributed by atoms with Crippen LogP contribution in [0.5, 0.6) is 0 Å². The van der Waals surface area contributed by atoms with Gasteiger partial charge in [0.2, 0.25) is 0 Å². The molecule has 0 radical (unpaired) electrons. The summed E-state index contributed by atoms with van der Waals surface area (Å²) in [6.07, 6.45) is 0.492. The van der Waals surface area contributed by atoms with Crippen LogP contribution in [-0.4, -0.2) is 21.3 Å². The molecule has 94 valence electrons. The number of hydrogen-bond donors (Lipinski definition) is 1. The summed E-state index contributed by atoms with van der Waals surface area (Å²) < 4.78 is 15.7. The fourth-order valence-electron chi connectivity index (χ4n) is 2.34. The topological polar surface area (TPSA) is 42.7 Å². The molecule has 1 atom stereocenters. The minimum atomic E-state index is -0.183. The molecule has 4 nitrogen and oxygen atoms in total. The van der Waals surface area contributed by atoms with Gasteiger partial charge in [0.05, 0.1) is 6.04 Å². The molecule has 0 spiro atoms. The van der Waals surface area contributed by atoms with Crippen LogP contribution in [0.2, 0.25) is 0 Å². The van der Waals surface area contributed by atoms with Crippen molar-refractivity contribution in [1.82, 2.24) is 20.1 Å². The van der Waals surface area contributed by atoms with Crippen molar-refractivity contribution in [2.24, 2.45) is 0 Å². The average Bonchev–Trinajstić information content (AvgIpc) is 2.77. The van der Waals surface area contributed by atoms with Gasteiger partial charge in [-0.1, -0.05) is 18.2 Å². The fraction of sp³-hybridized carbons (Fsp3) is 0.385. The summed E-state index contributed by atoms with van der Waals surface area (Å²) in [6, 6.07) is 7.02. The SMILES string of the molecule is CC1NCCn2c(Cc3ccccc3F)nnc21. The maximum absolute atomic E-state index is 13.6. The van der Waals surface area contributed by atoms with E-state index in [4.69, 9.17) is 0 Å². The molecule has 1 unspecified atom stereocenters. The van der Waals surface area contributed by atoms with E-state index in [1.807, 2.05) is 6.07 Å². The van der Waals surface area contributed by atoms with Gasteiger partial charge in [0.25, 0.3) is 0 Å². The molecule has 0 fully saturated rings. The van der Waals surface area contributed by atoms with Crippen LogP contribution >= 0.6 is 0 Å². The van der Waals surface area contributed by atoms with Crippen molar-refractivity contribution >= 4 is 0 Å². The molecule has 0 aliphatic carbocycles. The summed E-state index contributed by atoms with van der Waals surface area (Å²) in [5, 5.41) is 11.7. The predicted octanol–water partition coefficient (Wildman–Crippen LogP) is 1.67. The lowest BCUT2D eigenvalue weighted by atomic mass is 10.1. The Bertz CT molecular complexity index is 564. The number of benzene rings is 1. The Morgan fingerprint density at radius 1 is 1.39 bits per heavy atom. The summed E-state index contributed by atoms with van der Waals surface area (Å²) in [6.45, 7) is 3.81. The van der Waals surface area contributed by atoms with Gasteiger partial charge in [0.1, 0.15) is 17.5 Å². The second kappa shape index (κ2) is 4.49. The van der Waals surface area contributed by atoms with Crippen LogP contribution in [0.1, 0.15) is 30.2 Å². The van der Waals surface area contributed by atoms with Gasteiger partial charge in [-0.25, -0.2) is 4.39 Å². The molecule has 0 saturated heterocycles. The third-order valence-corrected chi connectivity index (χ3v) is 3.34. The van der Waals surface area contributed by atoms with E-state index >= 15 is 0 Å². The van der Waals surface area contributed by atoms with Crippen molar-refractivity contribution in [3.8, 4) is 0 Å². The van der Waals surface area contributed by atoms with Gasteiger partial charge in [-0.15, -0.1) is 10.2 Å². The first-order valence-corrected chi connectivity index (χ1v) is 6.14. The van der Waals surface area contributed by atoms with Crippen molar-refractivity contribution in [2.45, 2.75) is 25.9 Å². The molecule has 1 N–H and O–H groups in total. The van der Waals surface area contributed by atoms with Crippen LogP contribution in [0.4, 0.5) is 4.39 Å². The number of rotatable bonds is 2. The molecule has 1 aliphatic rings. The first-order chi connectivity index (χ1) is 8.75. The average molecular weight is 246 g/mol. The highest BCUT2D eigenvalue weighted by molar-refractivity contribution is 5.21. The lowest BCUT2D eigenvalue weighted by Crippen LogP contribution is -2.32. The van der Waals surface area contributed by atoms with Crippen LogP contribution < -0.4 is 5.32 Å². The lowest BCUT2D eigenvalue weighted by Gasteiger charge is -2.21. The van der Waals surface area contributed by atoms with Gasteiger partial charge in [-0.05, 0) is 18.6 Å². The summed E-state index contributed by atoms with van der Waals surface area (Å²) in [5.74, 6) is 1.59. The Hall–Kier alpha value is -1.75. The predicted molar refractivity (Wildman–Crippen MR) is 65.6 cm³/mol. The number of nitrogens with one attached hydrogen (secondary N) is 1. The van der Waals surface area contributed by atoms with Gasteiger partial charge in [-0.2, -0.15) is 0 Å². The normalized spacial score (nSPS) is 18.7. The third kappa shape index (κ3) is 1.90. The van der Waals surface area contributed by atoms with Gasteiger partial charge in [0.15, 0.2) is 0 Å².